The average molecular weight is 336 g/mol. The summed E-state index contributed by atoms with van der Waals surface area (Å²) in [5, 5.41) is 0. The minimum atomic E-state index is -0.467. The van der Waals surface area contributed by atoms with Crippen LogP contribution in [0.1, 0.15) is 44.2 Å². The van der Waals surface area contributed by atoms with E-state index in [0.29, 0.717) is 6.42 Å². The molecule has 3 atom stereocenters. The molecule has 0 aromatic heterocycles. The first-order chi connectivity index (χ1) is 11.9. The summed E-state index contributed by atoms with van der Waals surface area (Å²) in [7, 11) is 0. The molecule has 0 amide bonds. The first-order valence-corrected chi connectivity index (χ1v) is 8.77. The Kier molecular flexibility index (Phi) is 4.76. The smallest absolute Gasteiger partial charge is 0.318 e. The van der Waals surface area contributed by atoms with Crippen molar-refractivity contribution in [3.05, 3.63) is 71.8 Å². The molecule has 3 unspecified atom stereocenters. The summed E-state index contributed by atoms with van der Waals surface area (Å²) < 4.78 is 5.05. The molecule has 130 valence electrons. The molecular weight excluding hydrogens is 312 g/mol. The van der Waals surface area contributed by atoms with Gasteiger partial charge in [-0.3, -0.25) is 9.59 Å². The van der Waals surface area contributed by atoms with Crippen LogP contribution in [-0.4, -0.2) is 11.9 Å². The van der Waals surface area contributed by atoms with Crippen molar-refractivity contribution in [3.8, 4) is 0 Å². The maximum atomic E-state index is 12.5. The molecule has 1 fully saturated rings. The van der Waals surface area contributed by atoms with E-state index in [0.717, 1.165) is 5.56 Å². The van der Waals surface area contributed by atoms with E-state index in [1.807, 2.05) is 62.4 Å². The second kappa shape index (κ2) is 6.83. The maximum absolute atomic E-state index is 12.5. The van der Waals surface area contributed by atoms with Crippen LogP contribution in [0, 0.1) is 11.8 Å². The predicted octanol–water partition coefficient (Wildman–Crippen LogP) is 4.47. The van der Waals surface area contributed by atoms with E-state index in [1.165, 1.54) is 5.56 Å². The van der Waals surface area contributed by atoms with Crippen molar-refractivity contribution in [2.75, 3.05) is 0 Å². The van der Waals surface area contributed by atoms with E-state index in [2.05, 4.69) is 19.1 Å². The lowest BCUT2D eigenvalue weighted by atomic mass is 9.67. The highest BCUT2D eigenvalue weighted by molar-refractivity contribution is 5.97. The van der Waals surface area contributed by atoms with Crippen LogP contribution in [0.25, 0.3) is 0 Å². The number of carbonyl (C=O) groups is 2. The molecule has 1 aliphatic rings. The van der Waals surface area contributed by atoms with Crippen molar-refractivity contribution in [2.45, 2.75) is 38.5 Å². The van der Waals surface area contributed by atoms with Crippen molar-refractivity contribution in [1.82, 2.24) is 0 Å². The summed E-state index contributed by atoms with van der Waals surface area (Å²) in [5.74, 6) is -1.49. The molecule has 0 bridgehead atoms. The molecule has 2 aromatic rings. The lowest BCUT2D eigenvalue weighted by molar-refractivity contribution is -0.154. The van der Waals surface area contributed by atoms with Gasteiger partial charge in [-0.2, -0.15) is 0 Å². The number of hydrogen-bond donors (Lipinski definition) is 0. The Bertz CT molecular complexity index is 749. The normalized spacial score (nSPS) is 21.9. The Labute approximate surface area is 149 Å². The van der Waals surface area contributed by atoms with Gasteiger partial charge in [0.05, 0.1) is 11.8 Å². The van der Waals surface area contributed by atoms with Gasteiger partial charge in [0.25, 0.3) is 0 Å². The van der Waals surface area contributed by atoms with Crippen LogP contribution in [0.2, 0.25) is 0 Å². The first kappa shape index (κ1) is 17.4. The highest BCUT2D eigenvalue weighted by atomic mass is 16.6. The van der Waals surface area contributed by atoms with Crippen LogP contribution in [0.15, 0.2) is 60.7 Å². The topological polar surface area (TPSA) is 43.4 Å². The standard InChI is InChI=1S/C22H24O3/c1-15(16-10-6-4-7-11-16)14-18-19(21(24)25-20(18)23)22(2,3)17-12-8-5-9-13-17/h4-13,15,18-19H,14H2,1-3H3. The zero-order valence-electron chi connectivity index (χ0n) is 14.9. The zero-order valence-corrected chi connectivity index (χ0v) is 14.9. The number of hydrogen-bond acceptors (Lipinski definition) is 3. The lowest BCUT2D eigenvalue weighted by Gasteiger charge is -2.33. The quantitative estimate of drug-likeness (QED) is 0.597. The van der Waals surface area contributed by atoms with E-state index in [9.17, 15) is 9.59 Å². The number of carbonyl (C=O) groups excluding carboxylic acids is 2. The van der Waals surface area contributed by atoms with E-state index >= 15 is 0 Å². The maximum Gasteiger partial charge on any atom is 0.318 e. The van der Waals surface area contributed by atoms with Gasteiger partial charge in [0, 0.05) is 5.41 Å². The van der Waals surface area contributed by atoms with Crippen LogP contribution in [-0.2, 0) is 19.7 Å². The summed E-state index contributed by atoms with van der Waals surface area (Å²) in [6.07, 6.45) is 0.607. The van der Waals surface area contributed by atoms with Crippen LogP contribution in [0.3, 0.4) is 0 Å². The Balaban J connectivity index is 1.89. The largest absolute Gasteiger partial charge is 0.393 e. The molecule has 25 heavy (non-hydrogen) atoms. The number of ether oxygens (including phenoxy) is 1. The number of rotatable bonds is 5. The summed E-state index contributed by atoms with van der Waals surface area (Å²) in [6, 6.07) is 20.0. The van der Waals surface area contributed by atoms with Gasteiger partial charge in [-0.1, -0.05) is 81.4 Å². The minimum absolute atomic E-state index is 0.179. The van der Waals surface area contributed by atoms with Gasteiger partial charge in [0.1, 0.15) is 0 Å². The molecule has 0 saturated carbocycles. The lowest BCUT2D eigenvalue weighted by Crippen LogP contribution is -2.37. The third-order valence-electron chi connectivity index (χ3n) is 5.43. The van der Waals surface area contributed by atoms with Gasteiger partial charge >= 0.3 is 11.9 Å². The number of esters is 2. The fourth-order valence-electron chi connectivity index (χ4n) is 3.91. The third-order valence-corrected chi connectivity index (χ3v) is 5.43. The highest BCUT2D eigenvalue weighted by Crippen LogP contribution is 2.44. The van der Waals surface area contributed by atoms with Crippen LogP contribution >= 0.6 is 0 Å². The molecular formula is C22H24O3. The predicted molar refractivity (Wildman–Crippen MR) is 97.0 cm³/mol. The highest BCUT2D eigenvalue weighted by Gasteiger charge is 2.52. The average Bonchev–Trinajstić information content (AvgIpc) is 2.90. The molecule has 0 spiro atoms. The van der Waals surface area contributed by atoms with Crippen molar-refractivity contribution < 1.29 is 14.3 Å². The Morgan fingerprint density at radius 2 is 1.48 bits per heavy atom. The summed E-state index contributed by atoms with van der Waals surface area (Å²) >= 11 is 0. The fourth-order valence-corrected chi connectivity index (χ4v) is 3.91. The van der Waals surface area contributed by atoms with Crippen molar-refractivity contribution in [1.29, 1.82) is 0 Å². The van der Waals surface area contributed by atoms with Crippen LogP contribution in [0.4, 0.5) is 0 Å². The molecule has 0 aliphatic carbocycles. The Morgan fingerprint density at radius 3 is 2.08 bits per heavy atom. The molecule has 0 radical (unpaired) electrons. The van der Waals surface area contributed by atoms with Crippen molar-refractivity contribution in [3.63, 3.8) is 0 Å². The molecule has 1 heterocycles. The van der Waals surface area contributed by atoms with Crippen molar-refractivity contribution in [2.24, 2.45) is 11.8 Å². The van der Waals surface area contributed by atoms with Gasteiger partial charge in [0.2, 0.25) is 0 Å². The SMILES string of the molecule is CC(CC1C(=O)OC(=O)C1C(C)(C)c1ccccc1)c1ccccc1. The van der Waals surface area contributed by atoms with Crippen LogP contribution in [0.5, 0.6) is 0 Å². The molecule has 1 aliphatic heterocycles. The number of benzene rings is 2. The monoisotopic (exact) mass is 336 g/mol. The van der Waals surface area contributed by atoms with E-state index in [-0.39, 0.29) is 11.9 Å². The molecule has 2 aromatic carbocycles. The van der Waals surface area contributed by atoms with Gasteiger partial charge in [0.15, 0.2) is 0 Å². The van der Waals surface area contributed by atoms with E-state index in [4.69, 9.17) is 4.74 Å². The minimum Gasteiger partial charge on any atom is -0.393 e. The Morgan fingerprint density at radius 1 is 0.920 bits per heavy atom. The molecule has 3 nitrogen and oxygen atoms in total. The second-order valence-corrected chi connectivity index (χ2v) is 7.46. The molecule has 0 N–H and O–H groups in total. The second-order valence-electron chi connectivity index (χ2n) is 7.46. The number of cyclic esters (lactones) is 2. The van der Waals surface area contributed by atoms with Gasteiger partial charge < -0.3 is 4.74 Å². The van der Waals surface area contributed by atoms with Crippen molar-refractivity contribution >= 4 is 11.9 Å². The van der Waals surface area contributed by atoms with E-state index in [1.54, 1.807) is 0 Å². The van der Waals surface area contributed by atoms with Gasteiger partial charge in [-0.25, -0.2) is 0 Å². The summed E-state index contributed by atoms with van der Waals surface area (Å²) in [5.41, 5.74) is 1.75. The fraction of sp³-hybridized carbons (Fsp3) is 0.364. The molecule has 3 heteroatoms. The van der Waals surface area contributed by atoms with E-state index < -0.39 is 23.2 Å². The molecule has 1 saturated heterocycles. The van der Waals surface area contributed by atoms with Gasteiger partial charge in [-0.15, -0.1) is 0 Å². The summed E-state index contributed by atoms with van der Waals surface area (Å²) in [6.45, 7) is 6.14. The zero-order chi connectivity index (χ0) is 18.0. The van der Waals surface area contributed by atoms with Crippen LogP contribution < -0.4 is 0 Å². The first-order valence-electron chi connectivity index (χ1n) is 8.77. The third kappa shape index (κ3) is 3.37. The molecule has 3 rings (SSSR count). The Hall–Kier alpha value is -2.42. The summed E-state index contributed by atoms with van der Waals surface area (Å²) in [4.78, 5) is 24.9. The van der Waals surface area contributed by atoms with Gasteiger partial charge in [-0.05, 0) is 23.5 Å².